The second kappa shape index (κ2) is 6.43. The maximum absolute atomic E-state index is 12.4. The van der Waals surface area contributed by atoms with Crippen LogP contribution in [0.25, 0.3) is 0 Å². The van der Waals surface area contributed by atoms with Crippen molar-refractivity contribution in [3.8, 4) is 0 Å². The van der Waals surface area contributed by atoms with Gasteiger partial charge >= 0.3 is 0 Å². The van der Waals surface area contributed by atoms with Crippen molar-refractivity contribution < 1.29 is 4.79 Å². The van der Waals surface area contributed by atoms with Gasteiger partial charge in [-0.2, -0.15) is 0 Å². The van der Waals surface area contributed by atoms with Crippen LogP contribution in [-0.4, -0.2) is 5.78 Å². The van der Waals surface area contributed by atoms with Crippen molar-refractivity contribution in [2.45, 2.75) is 46.5 Å². The fourth-order valence-corrected chi connectivity index (χ4v) is 2.15. The fraction of sp³-hybridized carbons (Fsp3) is 0.533. The molecule has 1 aromatic carbocycles. The van der Waals surface area contributed by atoms with Gasteiger partial charge in [-0.25, -0.2) is 0 Å². The van der Waals surface area contributed by atoms with Gasteiger partial charge in [0.25, 0.3) is 0 Å². The van der Waals surface area contributed by atoms with E-state index in [-0.39, 0.29) is 11.7 Å². The Kier molecular flexibility index (Phi) is 5.20. The van der Waals surface area contributed by atoms with Crippen molar-refractivity contribution in [3.63, 3.8) is 0 Å². The highest BCUT2D eigenvalue weighted by Gasteiger charge is 2.19. The Morgan fingerprint density at radius 3 is 2.59 bits per heavy atom. The van der Waals surface area contributed by atoms with Crippen LogP contribution in [0.4, 0.5) is 5.69 Å². The Labute approximate surface area is 104 Å². The third kappa shape index (κ3) is 3.58. The van der Waals surface area contributed by atoms with E-state index >= 15 is 0 Å². The minimum absolute atomic E-state index is 0.164. The highest BCUT2D eigenvalue weighted by molar-refractivity contribution is 5.99. The van der Waals surface area contributed by atoms with E-state index in [9.17, 15) is 4.79 Å². The highest BCUT2D eigenvalue weighted by atomic mass is 16.1. The van der Waals surface area contributed by atoms with Gasteiger partial charge in [-0.1, -0.05) is 26.7 Å². The van der Waals surface area contributed by atoms with Crippen molar-refractivity contribution >= 4 is 11.5 Å². The van der Waals surface area contributed by atoms with E-state index < -0.39 is 0 Å². The van der Waals surface area contributed by atoms with Crippen molar-refractivity contribution in [2.75, 3.05) is 5.73 Å². The zero-order valence-corrected chi connectivity index (χ0v) is 11.1. The molecule has 0 bridgehead atoms. The largest absolute Gasteiger partial charge is 0.399 e. The SMILES string of the molecule is CCCCC(CC)C(=O)c1ccc(N)cc1C. The predicted octanol–water partition coefficient (Wildman–Crippen LogP) is 3.98. The molecule has 0 heterocycles. The van der Waals surface area contributed by atoms with Gasteiger partial charge in [0.05, 0.1) is 0 Å². The zero-order valence-electron chi connectivity index (χ0n) is 11.1. The van der Waals surface area contributed by atoms with Gasteiger partial charge in [-0.15, -0.1) is 0 Å². The second-order valence-corrected chi connectivity index (χ2v) is 4.69. The number of hydrogen-bond donors (Lipinski definition) is 1. The average Bonchev–Trinajstić information content (AvgIpc) is 2.29. The molecule has 0 spiro atoms. The summed E-state index contributed by atoms with van der Waals surface area (Å²) in [5.41, 5.74) is 8.25. The first-order valence-corrected chi connectivity index (χ1v) is 6.50. The lowest BCUT2D eigenvalue weighted by Gasteiger charge is -2.15. The Balaban J connectivity index is 2.86. The summed E-state index contributed by atoms with van der Waals surface area (Å²) in [5.74, 6) is 0.440. The van der Waals surface area contributed by atoms with E-state index in [4.69, 9.17) is 5.73 Å². The lowest BCUT2D eigenvalue weighted by atomic mass is 9.89. The van der Waals surface area contributed by atoms with Gasteiger partial charge in [-0.3, -0.25) is 4.79 Å². The summed E-state index contributed by atoms with van der Waals surface area (Å²) in [4.78, 5) is 12.4. The highest BCUT2D eigenvalue weighted by Crippen LogP contribution is 2.22. The Hall–Kier alpha value is -1.31. The molecule has 1 rings (SSSR count). The van der Waals surface area contributed by atoms with Crippen LogP contribution >= 0.6 is 0 Å². The van der Waals surface area contributed by atoms with Crippen molar-refractivity contribution in [1.29, 1.82) is 0 Å². The smallest absolute Gasteiger partial charge is 0.166 e. The summed E-state index contributed by atoms with van der Waals surface area (Å²) >= 11 is 0. The molecule has 0 amide bonds. The number of nitrogen functional groups attached to an aromatic ring is 1. The number of unbranched alkanes of at least 4 members (excludes halogenated alkanes) is 1. The Morgan fingerprint density at radius 2 is 2.06 bits per heavy atom. The van der Waals surface area contributed by atoms with E-state index in [0.29, 0.717) is 0 Å². The quantitative estimate of drug-likeness (QED) is 0.596. The van der Waals surface area contributed by atoms with Crippen LogP contribution in [0.2, 0.25) is 0 Å². The monoisotopic (exact) mass is 233 g/mol. The van der Waals surface area contributed by atoms with Crippen LogP contribution in [0.1, 0.15) is 55.5 Å². The van der Waals surface area contributed by atoms with Gasteiger partial charge in [0.15, 0.2) is 5.78 Å². The van der Waals surface area contributed by atoms with Crippen LogP contribution in [-0.2, 0) is 0 Å². The van der Waals surface area contributed by atoms with Crippen LogP contribution in [0.5, 0.6) is 0 Å². The number of benzene rings is 1. The normalized spacial score (nSPS) is 12.4. The lowest BCUT2D eigenvalue weighted by Crippen LogP contribution is -2.15. The summed E-state index contributed by atoms with van der Waals surface area (Å²) in [6.45, 7) is 6.20. The number of aryl methyl sites for hydroxylation is 1. The van der Waals surface area contributed by atoms with Gasteiger partial charge in [0.1, 0.15) is 0 Å². The molecule has 0 saturated heterocycles. The summed E-state index contributed by atoms with van der Waals surface area (Å²) in [6.07, 6.45) is 4.18. The summed E-state index contributed by atoms with van der Waals surface area (Å²) < 4.78 is 0. The zero-order chi connectivity index (χ0) is 12.8. The van der Waals surface area contributed by atoms with Gasteiger partial charge in [-0.05, 0) is 43.5 Å². The molecular weight excluding hydrogens is 210 g/mol. The Bertz CT molecular complexity index is 385. The summed E-state index contributed by atoms with van der Waals surface area (Å²) in [7, 11) is 0. The number of hydrogen-bond acceptors (Lipinski definition) is 2. The minimum atomic E-state index is 0.164. The predicted molar refractivity (Wildman–Crippen MR) is 73.2 cm³/mol. The minimum Gasteiger partial charge on any atom is -0.399 e. The molecule has 2 N–H and O–H groups in total. The molecule has 1 unspecified atom stereocenters. The molecule has 0 aliphatic carbocycles. The number of carbonyl (C=O) groups excluding carboxylic acids is 1. The van der Waals surface area contributed by atoms with Crippen molar-refractivity contribution in [3.05, 3.63) is 29.3 Å². The molecule has 2 heteroatoms. The van der Waals surface area contributed by atoms with Crippen molar-refractivity contribution in [2.24, 2.45) is 5.92 Å². The summed E-state index contributed by atoms with van der Waals surface area (Å²) in [5, 5.41) is 0. The number of rotatable bonds is 6. The molecule has 0 fully saturated rings. The number of nitrogens with two attached hydrogens (primary N) is 1. The van der Waals surface area contributed by atoms with Crippen LogP contribution in [0.3, 0.4) is 0 Å². The van der Waals surface area contributed by atoms with Gasteiger partial charge < -0.3 is 5.73 Å². The van der Waals surface area contributed by atoms with Crippen LogP contribution < -0.4 is 5.73 Å². The molecule has 2 nitrogen and oxygen atoms in total. The number of Topliss-reactive ketones (excluding diaryl/α,β-unsaturated/α-hetero) is 1. The maximum atomic E-state index is 12.4. The Morgan fingerprint density at radius 1 is 1.35 bits per heavy atom. The first-order chi connectivity index (χ1) is 8.10. The standard InChI is InChI=1S/C15H23NO/c1-4-6-7-12(5-2)15(17)14-9-8-13(16)10-11(14)3/h8-10,12H,4-7,16H2,1-3H3. The van der Waals surface area contributed by atoms with Gasteiger partial charge in [0, 0.05) is 17.2 Å². The third-order valence-electron chi connectivity index (χ3n) is 3.29. The number of ketones is 1. The molecule has 94 valence electrons. The first-order valence-electron chi connectivity index (χ1n) is 6.50. The molecule has 0 saturated carbocycles. The molecular formula is C15H23NO. The third-order valence-corrected chi connectivity index (χ3v) is 3.29. The van der Waals surface area contributed by atoms with E-state index in [1.54, 1.807) is 0 Å². The molecule has 0 aliphatic heterocycles. The van der Waals surface area contributed by atoms with E-state index in [0.717, 1.165) is 42.5 Å². The van der Waals surface area contributed by atoms with Crippen LogP contribution in [0, 0.1) is 12.8 Å². The van der Waals surface area contributed by atoms with E-state index in [1.807, 2.05) is 25.1 Å². The van der Waals surface area contributed by atoms with E-state index in [2.05, 4.69) is 13.8 Å². The topological polar surface area (TPSA) is 43.1 Å². The lowest BCUT2D eigenvalue weighted by molar-refractivity contribution is 0.0907. The number of carbonyl (C=O) groups is 1. The van der Waals surface area contributed by atoms with Crippen LogP contribution in [0.15, 0.2) is 18.2 Å². The number of anilines is 1. The van der Waals surface area contributed by atoms with E-state index in [1.165, 1.54) is 0 Å². The molecule has 0 aliphatic rings. The van der Waals surface area contributed by atoms with Crippen molar-refractivity contribution in [1.82, 2.24) is 0 Å². The fourth-order valence-electron chi connectivity index (χ4n) is 2.15. The molecule has 17 heavy (non-hydrogen) atoms. The maximum Gasteiger partial charge on any atom is 0.166 e. The molecule has 1 atom stereocenters. The van der Waals surface area contributed by atoms with Gasteiger partial charge in [0.2, 0.25) is 0 Å². The molecule has 1 aromatic rings. The molecule has 0 radical (unpaired) electrons. The summed E-state index contributed by atoms with van der Waals surface area (Å²) in [6, 6.07) is 5.55. The second-order valence-electron chi connectivity index (χ2n) is 4.69. The molecule has 0 aromatic heterocycles. The average molecular weight is 233 g/mol. The first kappa shape index (κ1) is 13.8.